The molecule has 0 bridgehead atoms. The van der Waals surface area contributed by atoms with Crippen LogP contribution in [-0.2, 0) is 5.41 Å². The minimum absolute atomic E-state index is 0.133. The number of ether oxygens (including phenoxy) is 1. The van der Waals surface area contributed by atoms with Crippen molar-refractivity contribution in [3.8, 4) is 5.88 Å². The van der Waals surface area contributed by atoms with Gasteiger partial charge in [0.1, 0.15) is 5.82 Å². The molecule has 1 fully saturated rings. The summed E-state index contributed by atoms with van der Waals surface area (Å²) in [6.45, 7) is 4.26. The maximum absolute atomic E-state index is 5.13. The lowest BCUT2D eigenvalue weighted by molar-refractivity contribution is 0.399. The second-order valence-corrected chi connectivity index (χ2v) is 4.87. The number of imidazole rings is 1. The SMILES string of the molecule is CCC1(c2nc3nc(OC)ccc3[nH]2)CCNC1. The molecule has 0 aromatic carbocycles. The Labute approximate surface area is 106 Å². The van der Waals surface area contributed by atoms with Crippen molar-refractivity contribution in [2.45, 2.75) is 25.2 Å². The van der Waals surface area contributed by atoms with Crippen LogP contribution in [0.2, 0.25) is 0 Å². The maximum atomic E-state index is 5.13. The molecule has 1 saturated heterocycles. The number of H-pyrrole nitrogens is 1. The van der Waals surface area contributed by atoms with Crippen LogP contribution in [0.25, 0.3) is 11.2 Å². The predicted octanol–water partition coefficient (Wildman–Crippen LogP) is 1.61. The van der Waals surface area contributed by atoms with Gasteiger partial charge in [-0.3, -0.25) is 0 Å². The van der Waals surface area contributed by atoms with Crippen LogP contribution in [-0.4, -0.2) is 35.2 Å². The summed E-state index contributed by atoms with van der Waals surface area (Å²) in [6.07, 6.45) is 2.21. The third-order valence-corrected chi connectivity index (χ3v) is 3.95. The summed E-state index contributed by atoms with van der Waals surface area (Å²) in [5.74, 6) is 1.65. The van der Waals surface area contributed by atoms with Crippen LogP contribution in [0, 0.1) is 0 Å². The van der Waals surface area contributed by atoms with Crippen LogP contribution in [0.5, 0.6) is 5.88 Å². The average molecular weight is 246 g/mol. The Bertz CT molecular complexity index is 557. The van der Waals surface area contributed by atoms with Crippen molar-refractivity contribution in [3.63, 3.8) is 0 Å². The smallest absolute Gasteiger partial charge is 0.215 e. The van der Waals surface area contributed by atoms with Crippen LogP contribution in [0.3, 0.4) is 0 Å². The van der Waals surface area contributed by atoms with Gasteiger partial charge in [0.05, 0.1) is 12.6 Å². The largest absolute Gasteiger partial charge is 0.481 e. The van der Waals surface area contributed by atoms with E-state index in [1.807, 2.05) is 12.1 Å². The minimum Gasteiger partial charge on any atom is -0.481 e. The molecule has 96 valence electrons. The van der Waals surface area contributed by atoms with Crippen LogP contribution in [0.1, 0.15) is 25.6 Å². The Morgan fingerprint density at radius 3 is 2.94 bits per heavy atom. The fourth-order valence-corrected chi connectivity index (χ4v) is 2.66. The van der Waals surface area contributed by atoms with Crippen molar-refractivity contribution in [2.75, 3.05) is 20.2 Å². The van der Waals surface area contributed by atoms with Crippen LogP contribution >= 0.6 is 0 Å². The number of hydrogen-bond acceptors (Lipinski definition) is 4. The number of rotatable bonds is 3. The second-order valence-electron chi connectivity index (χ2n) is 4.87. The van der Waals surface area contributed by atoms with Crippen molar-refractivity contribution < 1.29 is 4.74 Å². The molecule has 5 nitrogen and oxygen atoms in total. The molecule has 3 heterocycles. The van der Waals surface area contributed by atoms with Crippen LogP contribution < -0.4 is 10.1 Å². The number of aromatic amines is 1. The van der Waals surface area contributed by atoms with E-state index in [9.17, 15) is 0 Å². The predicted molar refractivity (Wildman–Crippen MR) is 69.9 cm³/mol. The first kappa shape index (κ1) is 11.5. The average Bonchev–Trinajstić information content (AvgIpc) is 3.04. The fraction of sp³-hybridized carbons (Fsp3) is 0.538. The van der Waals surface area contributed by atoms with E-state index in [0.717, 1.165) is 42.9 Å². The normalized spacial score (nSPS) is 23.7. The summed E-state index contributed by atoms with van der Waals surface area (Å²) in [5.41, 5.74) is 1.85. The van der Waals surface area contributed by atoms with Gasteiger partial charge in [-0.2, -0.15) is 4.98 Å². The highest BCUT2D eigenvalue weighted by Crippen LogP contribution is 2.33. The Balaban J connectivity index is 2.07. The molecule has 5 heteroatoms. The summed E-state index contributed by atoms with van der Waals surface area (Å²) < 4.78 is 5.13. The lowest BCUT2D eigenvalue weighted by Crippen LogP contribution is -2.29. The Hall–Kier alpha value is -1.62. The first-order chi connectivity index (χ1) is 8.77. The molecule has 0 spiro atoms. The summed E-state index contributed by atoms with van der Waals surface area (Å²) in [7, 11) is 1.62. The van der Waals surface area contributed by atoms with Gasteiger partial charge < -0.3 is 15.0 Å². The fourth-order valence-electron chi connectivity index (χ4n) is 2.66. The van der Waals surface area contributed by atoms with Gasteiger partial charge in [-0.25, -0.2) is 4.98 Å². The standard InChI is InChI=1S/C13H18N4O/c1-3-13(6-7-14-8-13)12-15-9-4-5-10(18-2)16-11(9)17-12/h4-5,14H,3,6-8H2,1-2H3,(H,15,16,17). The second kappa shape index (κ2) is 4.24. The first-order valence-corrected chi connectivity index (χ1v) is 6.39. The highest BCUT2D eigenvalue weighted by atomic mass is 16.5. The van der Waals surface area contributed by atoms with E-state index in [-0.39, 0.29) is 5.41 Å². The number of nitrogens with zero attached hydrogens (tertiary/aromatic N) is 2. The zero-order chi connectivity index (χ0) is 12.6. The molecule has 1 atom stereocenters. The molecule has 2 aromatic rings. The zero-order valence-corrected chi connectivity index (χ0v) is 10.8. The Morgan fingerprint density at radius 1 is 1.39 bits per heavy atom. The van der Waals surface area contributed by atoms with E-state index in [0.29, 0.717) is 5.88 Å². The van der Waals surface area contributed by atoms with Gasteiger partial charge in [0, 0.05) is 18.0 Å². The molecule has 1 aliphatic rings. The van der Waals surface area contributed by atoms with Crippen molar-refractivity contribution in [1.82, 2.24) is 20.3 Å². The highest BCUT2D eigenvalue weighted by molar-refractivity contribution is 5.71. The molecule has 2 aromatic heterocycles. The van der Waals surface area contributed by atoms with Gasteiger partial charge in [-0.1, -0.05) is 6.92 Å². The number of hydrogen-bond donors (Lipinski definition) is 2. The van der Waals surface area contributed by atoms with Crippen molar-refractivity contribution >= 4 is 11.2 Å². The maximum Gasteiger partial charge on any atom is 0.215 e. The van der Waals surface area contributed by atoms with E-state index < -0.39 is 0 Å². The van der Waals surface area contributed by atoms with E-state index in [2.05, 4.69) is 27.2 Å². The van der Waals surface area contributed by atoms with Crippen molar-refractivity contribution in [2.24, 2.45) is 0 Å². The number of fused-ring (bicyclic) bond motifs is 1. The molecular formula is C13H18N4O. The molecule has 2 N–H and O–H groups in total. The molecule has 0 radical (unpaired) electrons. The molecule has 0 aliphatic carbocycles. The van der Waals surface area contributed by atoms with E-state index in [4.69, 9.17) is 4.74 Å². The lowest BCUT2D eigenvalue weighted by Gasteiger charge is -2.23. The third-order valence-electron chi connectivity index (χ3n) is 3.95. The summed E-state index contributed by atoms with van der Waals surface area (Å²) in [4.78, 5) is 12.4. The highest BCUT2D eigenvalue weighted by Gasteiger charge is 2.36. The van der Waals surface area contributed by atoms with Gasteiger partial charge in [-0.05, 0) is 25.5 Å². The summed E-state index contributed by atoms with van der Waals surface area (Å²) in [5, 5.41) is 3.42. The van der Waals surface area contributed by atoms with Gasteiger partial charge in [0.15, 0.2) is 5.65 Å². The van der Waals surface area contributed by atoms with Gasteiger partial charge in [-0.15, -0.1) is 0 Å². The van der Waals surface area contributed by atoms with Gasteiger partial charge in [0.25, 0.3) is 0 Å². The minimum atomic E-state index is 0.133. The Kier molecular flexibility index (Phi) is 2.70. The topological polar surface area (TPSA) is 62.8 Å². The van der Waals surface area contributed by atoms with Crippen LogP contribution in [0.15, 0.2) is 12.1 Å². The van der Waals surface area contributed by atoms with Gasteiger partial charge >= 0.3 is 0 Å². The number of nitrogens with one attached hydrogen (secondary N) is 2. The van der Waals surface area contributed by atoms with E-state index in [1.54, 1.807) is 7.11 Å². The Morgan fingerprint density at radius 2 is 2.28 bits per heavy atom. The lowest BCUT2D eigenvalue weighted by atomic mass is 9.83. The van der Waals surface area contributed by atoms with Crippen molar-refractivity contribution in [1.29, 1.82) is 0 Å². The molecule has 18 heavy (non-hydrogen) atoms. The molecule has 3 rings (SSSR count). The first-order valence-electron chi connectivity index (χ1n) is 6.39. The number of pyridine rings is 1. The van der Waals surface area contributed by atoms with E-state index >= 15 is 0 Å². The molecule has 0 saturated carbocycles. The summed E-state index contributed by atoms with van der Waals surface area (Å²) in [6, 6.07) is 3.83. The molecule has 0 amide bonds. The monoisotopic (exact) mass is 246 g/mol. The quantitative estimate of drug-likeness (QED) is 0.863. The van der Waals surface area contributed by atoms with Gasteiger partial charge in [0.2, 0.25) is 5.88 Å². The summed E-state index contributed by atoms with van der Waals surface area (Å²) >= 11 is 0. The molecule has 1 unspecified atom stereocenters. The van der Waals surface area contributed by atoms with Crippen molar-refractivity contribution in [3.05, 3.63) is 18.0 Å². The van der Waals surface area contributed by atoms with E-state index in [1.165, 1.54) is 0 Å². The number of methoxy groups -OCH3 is 1. The molecular weight excluding hydrogens is 228 g/mol. The third kappa shape index (κ3) is 1.66. The number of aromatic nitrogens is 3. The van der Waals surface area contributed by atoms with Crippen LogP contribution in [0.4, 0.5) is 0 Å². The molecule has 1 aliphatic heterocycles. The zero-order valence-electron chi connectivity index (χ0n) is 10.8.